The van der Waals surface area contributed by atoms with Crippen molar-refractivity contribution in [3.05, 3.63) is 18.7 Å². The van der Waals surface area contributed by atoms with Gasteiger partial charge in [0, 0.05) is 19.3 Å². The van der Waals surface area contributed by atoms with E-state index in [9.17, 15) is 4.79 Å². The molecule has 0 radical (unpaired) electrons. The maximum Gasteiger partial charge on any atom is 0.322 e. The molecule has 1 aliphatic heterocycles. The fraction of sp³-hybridized carbons (Fsp3) is 0.500. The Bertz CT molecular complexity index is 290. The molecule has 0 unspecified atom stereocenters. The summed E-state index contributed by atoms with van der Waals surface area (Å²) in [5.41, 5.74) is 0. The van der Waals surface area contributed by atoms with Crippen LogP contribution < -0.4 is 0 Å². The van der Waals surface area contributed by atoms with Gasteiger partial charge in [-0.05, 0) is 0 Å². The largest absolute Gasteiger partial charge is 0.368 e. The van der Waals surface area contributed by atoms with Crippen molar-refractivity contribution < 1.29 is 9.63 Å². The Morgan fingerprint density at radius 1 is 1.62 bits per heavy atom. The Morgan fingerprint density at radius 3 is 2.92 bits per heavy atom. The van der Waals surface area contributed by atoms with Gasteiger partial charge in [0.25, 0.3) is 0 Å². The molecular formula is C8H11N3O2. The molecule has 0 N–H and O–H groups in total. The van der Waals surface area contributed by atoms with Crippen molar-refractivity contribution in [2.75, 3.05) is 13.1 Å². The van der Waals surface area contributed by atoms with Crippen LogP contribution >= 0.6 is 0 Å². The molecule has 0 saturated carbocycles. The molecule has 1 aromatic rings. The van der Waals surface area contributed by atoms with Crippen molar-refractivity contribution in [2.24, 2.45) is 0 Å². The number of hydrogen-bond donors (Lipinski definition) is 0. The average Bonchev–Trinajstić information content (AvgIpc) is 2.46. The number of carbonyl (C=O) groups is 1. The van der Waals surface area contributed by atoms with E-state index in [4.69, 9.17) is 4.84 Å². The first-order valence-electron chi connectivity index (χ1n) is 4.16. The minimum atomic E-state index is -0.260. The molecule has 1 saturated heterocycles. The van der Waals surface area contributed by atoms with Gasteiger partial charge in [-0.2, -0.15) is 0 Å². The van der Waals surface area contributed by atoms with E-state index in [-0.39, 0.29) is 5.97 Å². The molecule has 70 valence electrons. The van der Waals surface area contributed by atoms with Crippen LogP contribution in [0.1, 0.15) is 13.0 Å². The van der Waals surface area contributed by atoms with Gasteiger partial charge in [-0.3, -0.25) is 4.79 Å². The smallest absolute Gasteiger partial charge is 0.322 e. The minimum Gasteiger partial charge on any atom is -0.368 e. The van der Waals surface area contributed by atoms with Gasteiger partial charge in [-0.1, -0.05) is 0 Å². The van der Waals surface area contributed by atoms with E-state index in [1.807, 2.05) is 10.8 Å². The van der Waals surface area contributed by atoms with Gasteiger partial charge < -0.3 is 9.40 Å². The van der Waals surface area contributed by atoms with Gasteiger partial charge in [0.2, 0.25) is 0 Å². The monoisotopic (exact) mass is 181 g/mol. The van der Waals surface area contributed by atoms with E-state index in [1.165, 1.54) is 6.92 Å². The van der Waals surface area contributed by atoms with E-state index < -0.39 is 0 Å². The minimum absolute atomic E-state index is 0.260. The molecule has 5 nitrogen and oxygen atoms in total. The molecular weight excluding hydrogens is 170 g/mol. The highest BCUT2D eigenvalue weighted by Gasteiger charge is 2.30. The molecule has 2 rings (SSSR count). The standard InChI is InChI=1S/C8H11N3O2/c1-7(12)13-11-4-8(5-11)10-3-2-9-6-10/h2-3,6,8H,4-5H2,1H3. The van der Waals surface area contributed by atoms with Crippen LogP contribution in [-0.4, -0.2) is 33.7 Å². The van der Waals surface area contributed by atoms with Crippen molar-refractivity contribution in [3.63, 3.8) is 0 Å². The van der Waals surface area contributed by atoms with E-state index in [0.29, 0.717) is 6.04 Å². The second-order valence-corrected chi connectivity index (χ2v) is 3.09. The van der Waals surface area contributed by atoms with Gasteiger partial charge in [-0.25, -0.2) is 4.98 Å². The van der Waals surface area contributed by atoms with E-state index in [2.05, 4.69) is 4.98 Å². The summed E-state index contributed by atoms with van der Waals surface area (Å²) in [5.74, 6) is -0.260. The molecule has 0 spiro atoms. The van der Waals surface area contributed by atoms with Gasteiger partial charge in [0.05, 0.1) is 25.5 Å². The number of rotatable bonds is 2. The van der Waals surface area contributed by atoms with Crippen LogP contribution in [-0.2, 0) is 9.63 Å². The molecule has 5 heteroatoms. The summed E-state index contributed by atoms with van der Waals surface area (Å²) in [6.45, 7) is 2.90. The van der Waals surface area contributed by atoms with E-state index in [0.717, 1.165) is 13.1 Å². The van der Waals surface area contributed by atoms with Crippen molar-refractivity contribution >= 4 is 5.97 Å². The molecule has 0 atom stereocenters. The third-order valence-corrected chi connectivity index (χ3v) is 2.03. The maximum absolute atomic E-state index is 10.6. The lowest BCUT2D eigenvalue weighted by atomic mass is 10.2. The van der Waals surface area contributed by atoms with Crippen LogP contribution in [0.25, 0.3) is 0 Å². The third kappa shape index (κ3) is 1.70. The van der Waals surface area contributed by atoms with Gasteiger partial charge in [-0.15, -0.1) is 5.06 Å². The van der Waals surface area contributed by atoms with Crippen LogP contribution in [0, 0.1) is 0 Å². The average molecular weight is 181 g/mol. The first kappa shape index (κ1) is 8.25. The maximum atomic E-state index is 10.6. The summed E-state index contributed by atoms with van der Waals surface area (Å²) in [7, 11) is 0. The molecule has 1 aromatic heterocycles. The van der Waals surface area contributed by atoms with Gasteiger partial charge in [0.1, 0.15) is 0 Å². The molecule has 13 heavy (non-hydrogen) atoms. The fourth-order valence-electron chi connectivity index (χ4n) is 1.35. The van der Waals surface area contributed by atoms with Crippen LogP contribution in [0.3, 0.4) is 0 Å². The van der Waals surface area contributed by atoms with Gasteiger partial charge >= 0.3 is 5.97 Å². The molecule has 2 heterocycles. The first-order chi connectivity index (χ1) is 6.25. The van der Waals surface area contributed by atoms with Crippen LogP contribution in [0.5, 0.6) is 0 Å². The Hall–Kier alpha value is -1.36. The van der Waals surface area contributed by atoms with Crippen LogP contribution in [0.4, 0.5) is 0 Å². The molecule has 1 fully saturated rings. The van der Waals surface area contributed by atoms with Crippen molar-refractivity contribution in [1.29, 1.82) is 0 Å². The summed E-state index contributed by atoms with van der Waals surface area (Å²) < 4.78 is 2.01. The predicted molar refractivity (Wildman–Crippen MR) is 44.6 cm³/mol. The zero-order valence-corrected chi connectivity index (χ0v) is 7.38. The molecule has 0 aromatic carbocycles. The number of nitrogens with zero attached hydrogens (tertiary/aromatic N) is 3. The number of imidazole rings is 1. The molecule has 0 bridgehead atoms. The van der Waals surface area contributed by atoms with Crippen molar-refractivity contribution in [1.82, 2.24) is 14.6 Å². The lowest BCUT2D eigenvalue weighted by Gasteiger charge is -2.37. The number of aromatic nitrogens is 2. The molecule has 0 aliphatic carbocycles. The van der Waals surface area contributed by atoms with Crippen molar-refractivity contribution in [2.45, 2.75) is 13.0 Å². The second kappa shape index (κ2) is 3.18. The van der Waals surface area contributed by atoms with Crippen LogP contribution in [0.2, 0.25) is 0 Å². The van der Waals surface area contributed by atoms with Crippen LogP contribution in [0.15, 0.2) is 18.7 Å². The predicted octanol–water partition coefficient (Wildman–Crippen LogP) is 0.218. The molecule has 1 aliphatic rings. The number of hydrogen-bond acceptors (Lipinski definition) is 4. The quantitative estimate of drug-likeness (QED) is 0.654. The van der Waals surface area contributed by atoms with Gasteiger partial charge in [0.15, 0.2) is 0 Å². The lowest BCUT2D eigenvalue weighted by molar-refractivity contribution is -0.215. The Kier molecular flexibility index (Phi) is 2.02. The SMILES string of the molecule is CC(=O)ON1CC(n2ccnc2)C1. The highest BCUT2D eigenvalue weighted by molar-refractivity contribution is 5.65. The normalized spacial score (nSPS) is 18.2. The Balaban J connectivity index is 1.82. The van der Waals surface area contributed by atoms with E-state index >= 15 is 0 Å². The topological polar surface area (TPSA) is 47.4 Å². The zero-order chi connectivity index (χ0) is 9.26. The second-order valence-electron chi connectivity index (χ2n) is 3.09. The number of hydroxylamine groups is 2. The van der Waals surface area contributed by atoms with E-state index in [1.54, 1.807) is 17.6 Å². The lowest BCUT2D eigenvalue weighted by Crippen LogP contribution is -2.47. The highest BCUT2D eigenvalue weighted by Crippen LogP contribution is 2.20. The highest BCUT2D eigenvalue weighted by atomic mass is 16.7. The third-order valence-electron chi connectivity index (χ3n) is 2.03. The molecule has 0 amide bonds. The Labute approximate surface area is 75.9 Å². The van der Waals surface area contributed by atoms with Crippen molar-refractivity contribution in [3.8, 4) is 0 Å². The summed E-state index contributed by atoms with van der Waals surface area (Å²) in [6, 6.07) is 0.391. The fourth-order valence-corrected chi connectivity index (χ4v) is 1.35. The first-order valence-corrected chi connectivity index (χ1v) is 4.16. The number of carbonyl (C=O) groups excluding carboxylic acids is 1. The summed E-state index contributed by atoms with van der Waals surface area (Å²) in [5, 5.41) is 1.65. The zero-order valence-electron chi connectivity index (χ0n) is 7.38. The summed E-state index contributed by atoms with van der Waals surface area (Å²) >= 11 is 0. The Morgan fingerprint density at radius 2 is 2.38 bits per heavy atom. The summed E-state index contributed by atoms with van der Waals surface area (Å²) in [6.07, 6.45) is 5.43. The summed E-state index contributed by atoms with van der Waals surface area (Å²) in [4.78, 5) is 19.4.